The summed E-state index contributed by atoms with van der Waals surface area (Å²) in [7, 11) is 3.00. The van der Waals surface area contributed by atoms with Crippen LogP contribution in [0.25, 0.3) is 0 Å². The van der Waals surface area contributed by atoms with E-state index in [0.717, 1.165) is 11.4 Å². The van der Waals surface area contributed by atoms with E-state index < -0.39 is 24.0 Å². The van der Waals surface area contributed by atoms with Crippen molar-refractivity contribution in [3.8, 4) is 23.7 Å². The van der Waals surface area contributed by atoms with Gasteiger partial charge >= 0.3 is 5.97 Å². The number of hydrogen-bond acceptors (Lipinski definition) is 5. The Labute approximate surface area is 169 Å². The van der Waals surface area contributed by atoms with Crippen molar-refractivity contribution in [1.29, 1.82) is 0 Å². The van der Waals surface area contributed by atoms with E-state index in [2.05, 4.69) is 33.7 Å². The number of hydrogen-bond donors (Lipinski definition) is 3. The van der Waals surface area contributed by atoms with Crippen LogP contribution in [0.2, 0.25) is 0 Å². The minimum absolute atomic E-state index is 0.0542. The van der Waals surface area contributed by atoms with Crippen molar-refractivity contribution in [3.63, 3.8) is 0 Å². The Morgan fingerprint density at radius 2 is 1.79 bits per heavy atom. The van der Waals surface area contributed by atoms with Crippen LogP contribution in [0.5, 0.6) is 0 Å². The summed E-state index contributed by atoms with van der Waals surface area (Å²) < 4.78 is 6.36. The number of nitrogens with zero attached hydrogens (tertiary/aromatic N) is 1. The number of methoxy groups -OCH3 is 1. The Balaban J connectivity index is 2.05. The highest BCUT2D eigenvalue weighted by Crippen LogP contribution is 2.06. The number of ether oxygens (including phenoxy) is 1. The first kappa shape index (κ1) is 21.8. The van der Waals surface area contributed by atoms with Crippen molar-refractivity contribution in [2.24, 2.45) is 7.05 Å². The largest absolute Gasteiger partial charge is 0.467 e. The Hall–Kier alpha value is -3.52. The molecule has 1 amide bonds. The van der Waals surface area contributed by atoms with Gasteiger partial charge in [0, 0.05) is 23.9 Å². The standard InChI is InChI=1S/C22H22N2O5/c1-15(26)20(22(28)29-3)23-21(27)17-10-8-16(9-11-17)6-4-5-7-18-12-13-19(14-25)24(18)2/h8-13,15,20,25-26H,14H2,1-3H3,(H,23,27)/t15-,20+/m1/s1. The number of aliphatic hydroxyl groups excluding tert-OH is 2. The van der Waals surface area contributed by atoms with E-state index in [9.17, 15) is 14.7 Å². The molecule has 0 spiro atoms. The fourth-order valence-corrected chi connectivity index (χ4v) is 2.47. The van der Waals surface area contributed by atoms with E-state index in [0.29, 0.717) is 11.1 Å². The molecule has 2 rings (SSSR count). The van der Waals surface area contributed by atoms with Crippen LogP contribution in [0.1, 0.15) is 34.2 Å². The number of aliphatic hydroxyl groups is 2. The van der Waals surface area contributed by atoms with Crippen LogP contribution < -0.4 is 5.32 Å². The van der Waals surface area contributed by atoms with Gasteiger partial charge in [-0.1, -0.05) is 5.92 Å². The number of amides is 1. The highest BCUT2D eigenvalue weighted by molar-refractivity contribution is 5.97. The molecule has 29 heavy (non-hydrogen) atoms. The molecule has 150 valence electrons. The highest BCUT2D eigenvalue weighted by Gasteiger charge is 2.26. The molecule has 1 aromatic heterocycles. The summed E-state index contributed by atoms with van der Waals surface area (Å²) in [4.78, 5) is 23.9. The summed E-state index contributed by atoms with van der Waals surface area (Å²) in [6.07, 6.45) is -1.09. The van der Waals surface area contributed by atoms with Gasteiger partial charge in [-0.05, 0) is 61.1 Å². The second-order valence-electron chi connectivity index (χ2n) is 6.22. The lowest BCUT2D eigenvalue weighted by Gasteiger charge is -2.18. The molecule has 0 unspecified atom stereocenters. The second-order valence-corrected chi connectivity index (χ2v) is 6.22. The molecule has 3 N–H and O–H groups in total. The molecule has 0 saturated heterocycles. The van der Waals surface area contributed by atoms with Gasteiger partial charge in [0.1, 0.15) is 0 Å². The number of carbonyl (C=O) groups excluding carboxylic acids is 2. The summed E-state index contributed by atoms with van der Waals surface area (Å²) in [5, 5.41) is 21.2. The van der Waals surface area contributed by atoms with Gasteiger partial charge in [-0.25, -0.2) is 4.79 Å². The van der Waals surface area contributed by atoms with Crippen LogP contribution in [-0.4, -0.2) is 45.9 Å². The number of carbonyl (C=O) groups is 2. The van der Waals surface area contributed by atoms with Crippen LogP contribution in [0, 0.1) is 23.7 Å². The molecule has 0 aliphatic heterocycles. The summed E-state index contributed by atoms with van der Waals surface area (Å²) in [5.41, 5.74) is 2.49. The third-order valence-corrected chi connectivity index (χ3v) is 4.22. The molecule has 0 aliphatic carbocycles. The van der Waals surface area contributed by atoms with E-state index in [1.54, 1.807) is 34.9 Å². The number of rotatable bonds is 5. The monoisotopic (exact) mass is 394 g/mol. The van der Waals surface area contributed by atoms with Gasteiger partial charge in [0.2, 0.25) is 0 Å². The molecule has 0 saturated carbocycles. The lowest BCUT2D eigenvalue weighted by molar-refractivity contribution is -0.145. The van der Waals surface area contributed by atoms with Crippen molar-refractivity contribution in [2.45, 2.75) is 25.7 Å². The van der Waals surface area contributed by atoms with E-state index >= 15 is 0 Å². The first-order valence-electron chi connectivity index (χ1n) is 8.81. The molecule has 1 aromatic carbocycles. The molecule has 2 aromatic rings. The molecule has 0 aliphatic rings. The summed E-state index contributed by atoms with van der Waals surface area (Å²) in [6.45, 7) is 1.34. The third kappa shape index (κ3) is 5.73. The van der Waals surface area contributed by atoms with E-state index in [4.69, 9.17) is 5.11 Å². The first-order valence-corrected chi connectivity index (χ1v) is 8.81. The molecular weight excluding hydrogens is 372 g/mol. The molecular formula is C22H22N2O5. The van der Waals surface area contributed by atoms with Gasteiger partial charge in [-0.2, -0.15) is 0 Å². The van der Waals surface area contributed by atoms with Gasteiger partial charge in [-0.15, -0.1) is 0 Å². The lowest BCUT2D eigenvalue weighted by Crippen LogP contribution is -2.48. The number of aromatic nitrogens is 1. The Bertz CT molecular complexity index is 998. The number of esters is 1. The number of nitrogens with one attached hydrogen (secondary N) is 1. The predicted octanol–water partition coefficient (Wildman–Crippen LogP) is 0.573. The average Bonchev–Trinajstić information content (AvgIpc) is 3.08. The van der Waals surface area contributed by atoms with E-state index in [1.807, 2.05) is 13.1 Å². The summed E-state index contributed by atoms with van der Waals surface area (Å²) in [5.74, 6) is 10.1. The van der Waals surface area contributed by atoms with Crippen molar-refractivity contribution in [3.05, 3.63) is 58.9 Å². The first-order chi connectivity index (χ1) is 13.9. The zero-order valence-corrected chi connectivity index (χ0v) is 16.4. The fourth-order valence-electron chi connectivity index (χ4n) is 2.47. The van der Waals surface area contributed by atoms with Crippen molar-refractivity contribution in [2.75, 3.05) is 7.11 Å². The van der Waals surface area contributed by atoms with Crippen LogP contribution in [-0.2, 0) is 23.2 Å². The van der Waals surface area contributed by atoms with Crippen LogP contribution in [0.3, 0.4) is 0 Å². The van der Waals surface area contributed by atoms with E-state index in [1.165, 1.54) is 14.0 Å². The van der Waals surface area contributed by atoms with Crippen LogP contribution in [0.4, 0.5) is 0 Å². The second kappa shape index (κ2) is 10.1. The topological polar surface area (TPSA) is 101 Å². The highest BCUT2D eigenvalue weighted by atomic mass is 16.5. The normalized spacial score (nSPS) is 11.9. The van der Waals surface area contributed by atoms with Crippen molar-refractivity contribution >= 4 is 11.9 Å². The average molecular weight is 394 g/mol. The number of benzene rings is 1. The molecule has 0 fully saturated rings. The SMILES string of the molecule is COC(=O)[C@@H](NC(=O)c1ccc(C#CC#Cc2ccc(CO)n2C)cc1)[C@@H](C)O. The maximum absolute atomic E-state index is 12.3. The molecule has 0 radical (unpaired) electrons. The van der Waals surface area contributed by atoms with E-state index in [-0.39, 0.29) is 6.61 Å². The van der Waals surface area contributed by atoms with Crippen molar-refractivity contribution < 1.29 is 24.5 Å². The summed E-state index contributed by atoms with van der Waals surface area (Å²) in [6, 6.07) is 8.90. The maximum Gasteiger partial charge on any atom is 0.331 e. The Morgan fingerprint density at radius 1 is 1.14 bits per heavy atom. The summed E-state index contributed by atoms with van der Waals surface area (Å²) >= 11 is 0. The molecule has 1 heterocycles. The van der Waals surface area contributed by atoms with Crippen LogP contribution in [0.15, 0.2) is 36.4 Å². The van der Waals surface area contributed by atoms with Gasteiger partial charge in [-0.3, -0.25) is 4.79 Å². The lowest BCUT2D eigenvalue weighted by atomic mass is 10.1. The zero-order chi connectivity index (χ0) is 21.4. The molecule has 0 bridgehead atoms. The van der Waals surface area contributed by atoms with Gasteiger partial charge in [0.05, 0.1) is 25.5 Å². The van der Waals surface area contributed by atoms with Crippen LogP contribution >= 0.6 is 0 Å². The molecule has 7 heteroatoms. The van der Waals surface area contributed by atoms with Gasteiger partial charge in [0.25, 0.3) is 5.91 Å². The molecule has 7 nitrogen and oxygen atoms in total. The predicted molar refractivity (Wildman–Crippen MR) is 106 cm³/mol. The zero-order valence-electron chi connectivity index (χ0n) is 16.4. The van der Waals surface area contributed by atoms with Gasteiger partial charge in [0.15, 0.2) is 6.04 Å². The van der Waals surface area contributed by atoms with Gasteiger partial charge < -0.3 is 24.8 Å². The maximum atomic E-state index is 12.3. The van der Waals surface area contributed by atoms with Crippen molar-refractivity contribution in [1.82, 2.24) is 9.88 Å². The third-order valence-electron chi connectivity index (χ3n) is 4.22. The quantitative estimate of drug-likeness (QED) is 0.509. The fraction of sp³-hybridized carbons (Fsp3) is 0.273. The minimum atomic E-state index is -1.15. The minimum Gasteiger partial charge on any atom is -0.467 e. The Morgan fingerprint density at radius 3 is 2.34 bits per heavy atom. The molecule has 2 atom stereocenters. The Kier molecular flexibility index (Phi) is 7.62. The smallest absolute Gasteiger partial charge is 0.331 e.